The smallest absolute Gasteiger partial charge is 0.197 e. The molecule has 1 aromatic heterocycles. The van der Waals surface area contributed by atoms with Crippen molar-refractivity contribution in [2.45, 2.75) is 39.2 Å². The lowest BCUT2D eigenvalue weighted by atomic mass is 9.90. The number of nitrogens with zero attached hydrogens (tertiary/aromatic N) is 3. The Hall–Kier alpha value is -4.40. The predicted octanol–water partition coefficient (Wildman–Crippen LogP) is 7.94. The SMILES string of the molecule is CC(C)[C@H]1COC(C(C)(C)c2nc(-c3c(P(c4ccccc4)c4ccccc4)ccc4ccccc34)c3ccccc3n2)=N1. The minimum absolute atomic E-state index is 0.147. The largest absolute Gasteiger partial charge is 0.478 e. The molecule has 1 aliphatic rings. The highest BCUT2D eigenvalue weighted by Crippen LogP contribution is 2.42. The molecule has 6 aromatic rings. The van der Waals surface area contributed by atoms with Gasteiger partial charge in [-0.25, -0.2) is 15.0 Å². The molecule has 5 heteroatoms. The minimum atomic E-state index is -0.888. The Balaban J connectivity index is 1.53. The fourth-order valence-electron chi connectivity index (χ4n) is 5.99. The van der Waals surface area contributed by atoms with Crippen molar-refractivity contribution < 1.29 is 4.74 Å². The molecule has 1 atom stereocenters. The molecule has 0 bridgehead atoms. The van der Waals surface area contributed by atoms with Gasteiger partial charge in [-0.2, -0.15) is 0 Å². The number of aliphatic imine (C=N–C) groups is 1. The quantitative estimate of drug-likeness (QED) is 0.177. The van der Waals surface area contributed by atoms with Crippen LogP contribution in [0.4, 0.5) is 0 Å². The number of hydrogen-bond donors (Lipinski definition) is 0. The average Bonchev–Trinajstić information content (AvgIpc) is 3.58. The van der Waals surface area contributed by atoms with Crippen LogP contribution < -0.4 is 15.9 Å². The third kappa shape index (κ3) is 5.08. The van der Waals surface area contributed by atoms with Gasteiger partial charge in [0.2, 0.25) is 0 Å². The average molecular weight is 594 g/mol. The molecule has 0 radical (unpaired) electrons. The molecule has 0 N–H and O–H groups in total. The summed E-state index contributed by atoms with van der Waals surface area (Å²) in [5.74, 6) is 1.84. The molecule has 218 valence electrons. The molecule has 4 nitrogen and oxygen atoms in total. The zero-order chi connectivity index (χ0) is 30.3. The lowest BCUT2D eigenvalue weighted by Crippen LogP contribution is -2.32. The highest BCUT2D eigenvalue weighted by Gasteiger charge is 2.38. The summed E-state index contributed by atoms with van der Waals surface area (Å²) >= 11 is 0. The molecule has 0 amide bonds. The Morgan fingerprint density at radius 1 is 0.705 bits per heavy atom. The molecule has 0 spiro atoms. The van der Waals surface area contributed by atoms with Crippen LogP contribution in [0, 0.1) is 5.92 Å². The van der Waals surface area contributed by atoms with Crippen molar-refractivity contribution in [3.63, 3.8) is 0 Å². The highest BCUT2D eigenvalue weighted by molar-refractivity contribution is 7.80. The maximum absolute atomic E-state index is 6.22. The van der Waals surface area contributed by atoms with Gasteiger partial charge in [0.05, 0.1) is 17.3 Å². The summed E-state index contributed by atoms with van der Waals surface area (Å²) in [6, 6.07) is 43.5. The minimum Gasteiger partial charge on any atom is -0.478 e. The molecule has 5 aromatic carbocycles. The van der Waals surface area contributed by atoms with E-state index < -0.39 is 13.3 Å². The fourth-order valence-corrected chi connectivity index (χ4v) is 8.46. The summed E-state index contributed by atoms with van der Waals surface area (Å²) in [6.07, 6.45) is 0. The Bertz CT molecular complexity index is 1950. The summed E-state index contributed by atoms with van der Waals surface area (Å²) in [5.41, 5.74) is 2.43. The van der Waals surface area contributed by atoms with Crippen molar-refractivity contribution in [3.8, 4) is 11.3 Å². The molecule has 0 fully saturated rings. The number of ether oxygens (including phenoxy) is 1. The molecule has 44 heavy (non-hydrogen) atoms. The van der Waals surface area contributed by atoms with E-state index in [0.29, 0.717) is 18.4 Å². The first-order valence-corrected chi connectivity index (χ1v) is 16.7. The Morgan fingerprint density at radius 3 is 1.98 bits per heavy atom. The van der Waals surface area contributed by atoms with Crippen LogP contribution in [-0.2, 0) is 10.2 Å². The van der Waals surface area contributed by atoms with Gasteiger partial charge in [0.1, 0.15) is 17.8 Å². The van der Waals surface area contributed by atoms with E-state index in [1.807, 2.05) is 0 Å². The monoisotopic (exact) mass is 593 g/mol. The van der Waals surface area contributed by atoms with E-state index in [9.17, 15) is 0 Å². The fraction of sp³-hybridized carbons (Fsp3) is 0.205. The third-order valence-electron chi connectivity index (χ3n) is 8.55. The number of hydrogen-bond acceptors (Lipinski definition) is 4. The Kier molecular flexibility index (Phi) is 7.48. The van der Waals surface area contributed by atoms with E-state index in [2.05, 4.69) is 149 Å². The Labute approximate surface area is 260 Å². The molecule has 0 aliphatic carbocycles. The second-order valence-corrected chi connectivity index (χ2v) is 14.5. The number of benzene rings is 5. The molecule has 2 heterocycles. The van der Waals surface area contributed by atoms with Crippen molar-refractivity contribution in [1.29, 1.82) is 0 Å². The van der Waals surface area contributed by atoms with Crippen LogP contribution in [0.15, 0.2) is 126 Å². The molecule has 7 rings (SSSR count). The molecular weight excluding hydrogens is 557 g/mol. The highest BCUT2D eigenvalue weighted by atomic mass is 31.1. The predicted molar refractivity (Wildman–Crippen MR) is 186 cm³/mol. The summed E-state index contributed by atoms with van der Waals surface area (Å²) < 4.78 is 6.22. The van der Waals surface area contributed by atoms with E-state index in [4.69, 9.17) is 19.7 Å². The van der Waals surface area contributed by atoms with Crippen molar-refractivity contribution >= 4 is 51.4 Å². The first-order chi connectivity index (χ1) is 21.4. The van der Waals surface area contributed by atoms with Crippen LogP contribution in [-0.4, -0.2) is 28.5 Å². The van der Waals surface area contributed by atoms with Crippen LogP contribution in [0.25, 0.3) is 32.9 Å². The van der Waals surface area contributed by atoms with Crippen LogP contribution in [0.5, 0.6) is 0 Å². The molecule has 0 unspecified atom stereocenters. The van der Waals surface area contributed by atoms with Gasteiger partial charge in [-0.3, -0.25) is 0 Å². The van der Waals surface area contributed by atoms with E-state index in [-0.39, 0.29) is 6.04 Å². The van der Waals surface area contributed by atoms with Crippen molar-refractivity contribution in [3.05, 3.63) is 127 Å². The van der Waals surface area contributed by atoms with Crippen molar-refractivity contribution in [2.75, 3.05) is 6.61 Å². The van der Waals surface area contributed by atoms with Crippen LogP contribution >= 0.6 is 7.92 Å². The van der Waals surface area contributed by atoms with E-state index in [0.717, 1.165) is 28.0 Å². The maximum Gasteiger partial charge on any atom is 0.197 e. The summed E-state index contributed by atoms with van der Waals surface area (Å²) in [7, 11) is -0.888. The lowest BCUT2D eigenvalue weighted by Gasteiger charge is -2.26. The lowest BCUT2D eigenvalue weighted by molar-refractivity contribution is 0.273. The molecule has 0 saturated heterocycles. The zero-order valence-electron chi connectivity index (χ0n) is 25.6. The van der Waals surface area contributed by atoms with Crippen LogP contribution in [0.2, 0.25) is 0 Å². The van der Waals surface area contributed by atoms with Gasteiger partial charge < -0.3 is 4.74 Å². The number of para-hydroxylation sites is 1. The number of rotatable bonds is 7. The van der Waals surface area contributed by atoms with Gasteiger partial charge in [0.25, 0.3) is 0 Å². The summed E-state index contributed by atoms with van der Waals surface area (Å²) in [6.45, 7) is 9.25. The molecule has 0 saturated carbocycles. The van der Waals surface area contributed by atoms with Crippen LogP contribution in [0.3, 0.4) is 0 Å². The standard InChI is InChI=1S/C39H36N3OP/c1-26(2)33-25-43-38(41-33)39(3,4)37-40-32-22-14-13-21-31(32)36(42-37)35-30-20-12-11-15-27(30)23-24-34(35)44(28-16-7-5-8-17-28)29-18-9-6-10-19-29/h5-24,26,33H,25H2,1-4H3/t33-/m1/s1. The first kappa shape index (κ1) is 28.4. The van der Waals surface area contributed by atoms with E-state index in [1.165, 1.54) is 26.7 Å². The second kappa shape index (κ2) is 11.6. The van der Waals surface area contributed by atoms with E-state index in [1.54, 1.807) is 0 Å². The van der Waals surface area contributed by atoms with Gasteiger partial charge in [-0.15, -0.1) is 0 Å². The first-order valence-electron chi connectivity index (χ1n) is 15.3. The normalized spacial score (nSPS) is 15.2. The maximum atomic E-state index is 6.22. The van der Waals surface area contributed by atoms with Crippen molar-refractivity contribution in [2.24, 2.45) is 10.9 Å². The van der Waals surface area contributed by atoms with Gasteiger partial charge in [0.15, 0.2) is 5.90 Å². The topological polar surface area (TPSA) is 47.4 Å². The van der Waals surface area contributed by atoms with Crippen molar-refractivity contribution in [1.82, 2.24) is 9.97 Å². The zero-order valence-corrected chi connectivity index (χ0v) is 26.5. The van der Waals surface area contributed by atoms with Crippen LogP contribution in [0.1, 0.15) is 33.5 Å². The van der Waals surface area contributed by atoms with Gasteiger partial charge in [-0.1, -0.05) is 129 Å². The van der Waals surface area contributed by atoms with Gasteiger partial charge >= 0.3 is 0 Å². The summed E-state index contributed by atoms with van der Waals surface area (Å²) in [5, 5.41) is 7.30. The second-order valence-electron chi connectivity index (χ2n) is 12.3. The number of fused-ring (bicyclic) bond motifs is 2. The van der Waals surface area contributed by atoms with E-state index >= 15 is 0 Å². The molecule has 1 aliphatic heterocycles. The number of aromatic nitrogens is 2. The van der Waals surface area contributed by atoms with Gasteiger partial charge in [-0.05, 0) is 60.4 Å². The van der Waals surface area contributed by atoms with Gasteiger partial charge in [0, 0.05) is 10.9 Å². The summed E-state index contributed by atoms with van der Waals surface area (Å²) in [4.78, 5) is 15.6. The molecular formula is C39H36N3OP. The third-order valence-corrected chi connectivity index (χ3v) is 11.0. The Morgan fingerprint density at radius 2 is 1.32 bits per heavy atom.